The Hall–Kier alpha value is -4.66. The number of halogens is 3. The predicted molar refractivity (Wildman–Crippen MR) is 131 cm³/mol. The number of amides is 2. The van der Waals surface area contributed by atoms with E-state index >= 15 is 0 Å². The van der Waals surface area contributed by atoms with E-state index in [2.05, 4.69) is 19.6 Å². The minimum atomic E-state index is -4.71. The second-order valence-electron chi connectivity index (χ2n) is 8.84. The summed E-state index contributed by atoms with van der Waals surface area (Å²) in [7, 11) is 0. The quantitative estimate of drug-likeness (QED) is 0.376. The number of carbonyl (C=O) groups is 2. The standard InChI is InChI=1S/C25H23F3N6O6/c1-15-12-16(2-3-17(15)23(36)32-6-8-33(9-7-32)24(37)38-11-10-35)40-22-21-30-13-19(34(21)5-4-29-22)18-14-39-31-20(18)25(26,27)28/h2-5,12-14,35H,6-11H2,1H3. The minimum absolute atomic E-state index is 0.0430. The van der Waals surface area contributed by atoms with Crippen molar-refractivity contribution in [3.63, 3.8) is 0 Å². The maximum Gasteiger partial charge on any atom is 0.437 e. The molecule has 2 amide bonds. The largest absolute Gasteiger partial charge is 0.447 e. The Labute approximate surface area is 224 Å². The summed E-state index contributed by atoms with van der Waals surface area (Å²) in [6.07, 6.45) is -0.307. The number of aryl methyl sites for hydroxylation is 1. The van der Waals surface area contributed by atoms with Crippen molar-refractivity contribution < 1.29 is 41.9 Å². The number of aliphatic hydroxyl groups excluding tert-OH is 1. The van der Waals surface area contributed by atoms with Crippen LogP contribution in [-0.4, -0.2) is 85.8 Å². The molecule has 0 bridgehead atoms. The number of aromatic nitrogens is 4. The first-order chi connectivity index (χ1) is 19.2. The van der Waals surface area contributed by atoms with Crippen LogP contribution in [0.2, 0.25) is 0 Å². The van der Waals surface area contributed by atoms with E-state index in [9.17, 15) is 22.8 Å². The third-order valence-corrected chi connectivity index (χ3v) is 6.29. The lowest BCUT2D eigenvalue weighted by Gasteiger charge is -2.34. The lowest BCUT2D eigenvalue weighted by molar-refractivity contribution is -0.142. The van der Waals surface area contributed by atoms with E-state index in [1.807, 2.05) is 0 Å². The molecule has 12 nitrogen and oxygen atoms in total. The number of carbonyl (C=O) groups excluding carboxylic acids is 2. The number of piperazine rings is 1. The normalized spacial score (nSPS) is 14.0. The van der Waals surface area contributed by atoms with Crippen molar-refractivity contribution in [2.45, 2.75) is 13.1 Å². The second-order valence-corrected chi connectivity index (χ2v) is 8.84. The van der Waals surface area contributed by atoms with Crippen LogP contribution in [0.1, 0.15) is 21.6 Å². The molecule has 0 atom stereocenters. The molecule has 40 heavy (non-hydrogen) atoms. The fourth-order valence-corrected chi connectivity index (χ4v) is 4.33. The zero-order valence-corrected chi connectivity index (χ0v) is 21.1. The summed E-state index contributed by atoms with van der Waals surface area (Å²) < 4.78 is 56.8. The Bertz CT molecular complexity index is 1540. The molecule has 210 valence electrons. The lowest BCUT2D eigenvalue weighted by Crippen LogP contribution is -2.50. The zero-order chi connectivity index (χ0) is 28.4. The molecule has 1 saturated heterocycles. The SMILES string of the molecule is Cc1cc(Oc2nccn3c(-c4conc4C(F)(F)F)cnc23)ccc1C(=O)N1CCN(C(=O)OCCO)CC1. The van der Waals surface area contributed by atoms with Crippen LogP contribution >= 0.6 is 0 Å². The van der Waals surface area contributed by atoms with Crippen molar-refractivity contribution in [1.29, 1.82) is 0 Å². The number of ether oxygens (including phenoxy) is 2. The van der Waals surface area contributed by atoms with Gasteiger partial charge in [-0.1, -0.05) is 5.16 Å². The zero-order valence-electron chi connectivity index (χ0n) is 21.1. The lowest BCUT2D eigenvalue weighted by atomic mass is 10.1. The van der Waals surface area contributed by atoms with Crippen LogP contribution in [0, 0.1) is 6.92 Å². The van der Waals surface area contributed by atoms with Gasteiger partial charge in [0.1, 0.15) is 18.6 Å². The molecule has 0 radical (unpaired) electrons. The van der Waals surface area contributed by atoms with E-state index < -0.39 is 18.0 Å². The predicted octanol–water partition coefficient (Wildman–Crippen LogP) is 3.39. The van der Waals surface area contributed by atoms with E-state index in [1.54, 1.807) is 30.0 Å². The van der Waals surface area contributed by atoms with Crippen LogP contribution in [0.25, 0.3) is 16.9 Å². The van der Waals surface area contributed by atoms with Crippen molar-refractivity contribution >= 4 is 17.6 Å². The topological polar surface area (TPSA) is 136 Å². The van der Waals surface area contributed by atoms with Gasteiger partial charge in [-0.3, -0.25) is 9.20 Å². The van der Waals surface area contributed by atoms with Crippen LogP contribution in [-0.2, 0) is 10.9 Å². The Kier molecular flexibility index (Phi) is 7.30. The average Bonchev–Trinajstić information content (AvgIpc) is 3.59. The summed E-state index contributed by atoms with van der Waals surface area (Å²) in [6, 6.07) is 4.84. The first-order valence-corrected chi connectivity index (χ1v) is 12.1. The summed E-state index contributed by atoms with van der Waals surface area (Å²) >= 11 is 0. The maximum absolute atomic E-state index is 13.3. The van der Waals surface area contributed by atoms with Crippen molar-refractivity contribution in [1.82, 2.24) is 29.3 Å². The molecule has 4 heterocycles. The molecule has 0 spiro atoms. The molecule has 1 aliphatic rings. The minimum Gasteiger partial charge on any atom is -0.447 e. The van der Waals surface area contributed by atoms with Gasteiger partial charge in [0.15, 0.2) is 5.69 Å². The number of hydrogen-bond acceptors (Lipinski definition) is 9. The molecule has 3 aromatic heterocycles. The van der Waals surface area contributed by atoms with Crippen molar-refractivity contribution in [2.75, 3.05) is 39.4 Å². The van der Waals surface area contributed by atoms with Crippen molar-refractivity contribution in [3.05, 3.63) is 59.9 Å². The summed E-state index contributed by atoms with van der Waals surface area (Å²) in [4.78, 5) is 36.5. The fourth-order valence-electron chi connectivity index (χ4n) is 4.33. The van der Waals surface area contributed by atoms with Gasteiger partial charge < -0.3 is 28.9 Å². The van der Waals surface area contributed by atoms with Gasteiger partial charge >= 0.3 is 12.3 Å². The van der Waals surface area contributed by atoms with Gasteiger partial charge in [-0.05, 0) is 30.7 Å². The highest BCUT2D eigenvalue weighted by atomic mass is 19.4. The Morgan fingerprint density at radius 3 is 2.58 bits per heavy atom. The molecule has 5 rings (SSSR count). The number of rotatable bonds is 6. The highest BCUT2D eigenvalue weighted by Gasteiger charge is 2.38. The number of aliphatic hydroxyl groups is 1. The van der Waals surface area contributed by atoms with E-state index in [0.717, 1.165) is 6.26 Å². The number of alkyl halides is 3. The number of fused-ring (bicyclic) bond motifs is 1. The monoisotopic (exact) mass is 560 g/mol. The van der Waals surface area contributed by atoms with Gasteiger partial charge in [0.25, 0.3) is 11.8 Å². The van der Waals surface area contributed by atoms with Crippen molar-refractivity contribution in [3.8, 4) is 22.9 Å². The molecule has 4 aromatic rings. The molecule has 1 aromatic carbocycles. The van der Waals surface area contributed by atoms with Gasteiger partial charge in [0, 0.05) is 44.1 Å². The molecule has 0 aliphatic carbocycles. The van der Waals surface area contributed by atoms with E-state index in [-0.39, 0.29) is 41.9 Å². The number of imidazole rings is 1. The summed E-state index contributed by atoms with van der Waals surface area (Å²) in [5.74, 6) is 0.179. The first kappa shape index (κ1) is 26.9. The van der Waals surface area contributed by atoms with Crippen LogP contribution in [0.5, 0.6) is 11.6 Å². The van der Waals surface area contributed by atoms with Crippen LogP contribution in [0.4, 0.5) is 18.0 Å². The molecule has 1 N–H and O–H groups in total. The van der Waals surface area contributed by atoms with E-state index in [1.165, 1.54) is 27.9 Å². The molecular weight excluding hydrogens is 537 g/mol. The molecule has 0 saturated carbocycles. The van der Waals surface area contributed by atoms with Crippen LogP contribution in [0.15, 0.2) is 47.6 Å². The molecular formula is C25H23F3N6O6. The fraction of sp³-hybridized carbons (Fsp3) is 0.320. The Morgan fingerprint density at radius 1 is 1.12 bits per heavy atom. The van der Waals surface area contributed by atoms with Gasteiger partial charge in [0.2, 0.25) is 5.65 Å². The molecule has 1 aliphatic heterocycles. The molecule has 15 heteroatoms. The summed E-state index contributed by atoms with van der Waals surface area (Å²) in [5, 5.41) is 11.9. The third-order valence-electron chi connectivity index (χ3n) is 6.29. The summed E-state index contributed by atoms with van der Waals surface area (Å²) in [5.41, 5.74) is -0.117. The molecule has 0 unspecified atom stereocenters. The van der Waals surface area contributed by atoms with Gasteiger partial charge in [-0.25, -0.2) is 14.8 Å². The Balaban J connectivity index is 1.30. The Morgan fingerprint density at radius 2 is 1.88 bits per heavy atom. The van der Waals surface area contributed by atoms with E-state index in [0.29, 0.717) is 43.1 Å². The van der Waals surface area contributed by atoms with Gasteiger partial charge in [-0.2, -0.15) is 13.2 Å². The highest BCUT2D eigenvalue weighted by Crippen LogP contribution is 2.37. The average molecular weight is 560 g/mol. The molecule has 1 fully saturated rings. The highest BCUT2D eigenvalue weighted by molar-refractivity contribution is 5.96. The third kappa shape index (κ3) is 5.27. The maximum atomic E-state index is 13.3. The number of nitrogens with zero attached hydrogens (tertiary/aromatic N) is 6. The van der Waals surface area contributed by atoms with E-state index in [4.69, 9.17) is 14.6 Å². The van der Waals surface area contributed by atoms with Crippen LogP contribution in [0.3, 0.4) is 0 Å². The first-order valence-electron chi connectivity index (χ1n) is 12.1. The second kappa shape index (κ2) is 10.8. The van der Waals surface area contributed by atoms with Gasteiger partial charge in [0.05, 0.1) is 24.1 Å². The summed E-state index contributed by atoms with van der Waals surface area (Å²) in [6.45, 7) is 2.65. The number of benzene rings is 1. The van der Waals surface area contributed by atoms with Crippen LogP contribution < -0.4 is 4.74 Å². The number of hydrogen-bond donors (Lipinski definition) is 1. The van der Waals surface area contributed by atoms with Crippen molar-refractivity contribution in [2.24, 2.45) is 0 Å². The smallest absolute Gasteiger partial charge is 0.437 e. The van der Waals surface area contributed by atoms with Gasteiger partial charge in [-0.15, -0.1) is 0 Å².